The monoisotopic (exact) mass is 225 g/mol. The second-order valence-corrected chi connectivity index (χ2v) is 4.80. The van der Waals surface area contributed by atoms with Gasteiger partial charge in [-0.15, -0.1) is 0 Å². The van der Waals surface area contributed by atoms with Gasteiger partial charge in [0.25, 0.3) is 0 Å². The molecule has 0 saturated carbocycles. The fourth-order valence-electron chi connectivity index (χ4n) is 1.08. The third-order valence-electron chi connectivity index (χ3n) is 2.07. The summed E-state index contributed by atoms with van der Waals surface area (Å²) in [5.41, 5.74) is 8.28. The Morgan fingerprint density at radius 3 is 2.80 bits per heavy atom. The summed E-state index contributed by atoms with van der Waals surface area (Å²) < 4.78 is 0. The van der Waals surface area contributed by atoms with Crippen LogP contribution in [-0.4, -0.2) is 12.5 Å². The molecule has 0 aliphatic heterocycles. The van der Waals surface area contributed by atoms with E-state index in [2.05, 4.69) is 41.8 Å². The number of thiophene rings is 1. The minimum atomic E-state index is 0.536. The number of guanidine groups is 1. The fourth-order valence-corrected chi connectivity index (χ4v) is 1.93. The molecular weight excluding hydrogens is 206 g/mol. The van der Waals surface area contributed by atoms with Crippen molar-refractivity contribution in [1.29, 1.82) is 0 Å². The number of nitrogens with zero attached hydrogens (tertiary/aromatic N) is 1. The molecule has 0 radical (unpaired) electrons. The standard InChI is InChI=1S/C11H19N3S/c1-8(2)4-13-11(12)14-5-10-7-15-6-9(10)3/h6-8H,4-5H2,1-3H3,(H3,12,13,14). The summed E-state index contributed by atoms with van der Waals surface area (Å²) in [6, 6.07) is 0. The van der Waals surface area contributed by atoms with Gasteiger partial charge in [0.05, 0.1) is 6.54 Å². The van der Waals surface area contributed by atoms with E-state index in [0.717, 1.165) is 6.54 Å². The number of nitrogens with two attached hydrogens (primary N) is 1. The Morgan fingerprint density at radius 1 is 1.53 bits per heavy atom. The minimum Gasteiger partial charge on any atom is -0.370 e. The van der Waals surface area contributed by atoms with E-state index in [1.165, 1.54) is 11.1 Å². The second kappa shape index (κ2) is 5.75. The molecule has 0 fully saturated rings. The van der Waals surface area contributed by atoms with Crippen LogP contribution in [0.5, 0.6) is 0 Å². The Morgan fingerprint density at radius 2 is 2.27 bits per heavy atom. The van der Waals surface area contributed by atoms with Gasteiger partial charge in [-0.05, 0) is 34.7 Å². The first-order chi connectivity index (χ1) is 7.09. The molecule has 0 atom stereocenters. The van der Waals surface area contributed by atoms with Crippen LogP contribution in [0.4, 0.5) is 0 Å². The summed E-state index contributed by atoms with van der Waals surface area (Å²) >= 11 is 1.71. The maximum atomic E-state index is 5.73. The molecule has 4 heteroatoms. The summed E-state index contributed by atoms with van der Waals surface area (Å²) in [4.78, 5) is 4.29. The van der Waals surface area contributed by atoms with Gasteiger partial charge in [-0.25, -0.2) is 4.99 Å². The quantitative estimate of drug-likeness (QED) is 0.609. The molecule has 0 aliphatic rings. The second-order valence-electron chi connectivity index (χ2n) is 4.06. The summed E-state index contributed by atoms with van der Waals surface area (Å²) in [5.74, 6) is 1.12. The molecule has 3 nitrogen and oxygen atoms in total. The predicted octanol–water partition coefficient (Wildman–Crippen LogP) is 2.12. The zero-order chi connectivity index (χ0) is 11.3. The third-order valence-corrected chi connectivity index (χ3v) is 2.98. The van der Waals surface area contributed by atoms with Crippen LogP contribution >= 0.6 is 11.3 Å². The molecule has 0 aromatic carbocycles. The average Bonchev–Trinajstić information content (AvgIpc) is 2.58. The van der Waals surface area contributed by atoms with Crippen molar-refractivity contribution in [1.82, 2.24) is 5.32 Å². The highest BCUT2D eigenvalue weighted by Gasteiger charge is 1.99. The van der Waals surface area contributed by atoms with Crippen molar-refractivity contribution in [3.8, 4) is 0 Å². The summed E-state index contributed by atoms with van der Waals surface area (Å²) in [6.07, 6.45) is 0. The maximum Gasteiger partial charge on any atom is 0.188 e. The normalized spacial score (nSPS) is 12.1. The van der Waals surface area contributed by atoms with Gasteiger partial charge in [0.15, 0.2) is 5.96 Å². The average molecular weight is 225 g/mol. The molecule has 1 aromatic rings. The number of rotatable bonds is 4. The lowest BCUT2D eigenvalue weighted by atomic mass is 10.2. The van der Waals surface area contributed by atoms with Gasteiger partial charge < -0.3 is 11.1 Å². The smallest absolute Gasteiger partial charge is 0.188 e. The molecule has 0 unspecified atom stereocenters. The van der Waals surface area contributed by atoms with Crippen molar-refractivity contribution in [2.45, 2.75) is 27.3 Å². The van der Waals surface area contributed by atoms with Crippen LogP contribution in [0.2, 0.25) is 0 Å². The van der Waals surface area contributed by atoms with Crippen LogP contribution in [0.15, 0.2) is 15.8 Å². The Hall–Kier alpha value is -1.03. The van der Waals surface area contributed by atoms with Crippen LogP contribution in [0, 0.1) is 12.8 Å². The first-order valence-corrected chi connectivity index (χ1v) is 6.09. The zero-order valence-corrected chi connectivity index (χ0v) is 10.4. The summed E-state index contributed by atoms with van der Waals surface area (Å²) in [7, 11) is 0. The maximum absolute atomic E-state index is 5.73. The molecule has 1 rings (SSSR count). The molecule has 3 N–H and O–H groups in total. The molecule has 0 spiro atoms. The van der Waals surface area contributed by atoms with Gasteiger partial charge in [0.2, 0.25) is 0 Å². The lowest BCUT2D eigenvalue weighted by molar-refractivity contribution is 0.622. The van der Waals surface area contributed by atoms with Gasteiger partial charge in [-0.3, -0.25) is 0 Å². The number of nitrogens with one attached hydrogen (secondary N) is 1. The van der Waals surface area contributed by atoms with Crippen LogP contribution in [0.1, 0.15) is 25.0 Å². The van der Waals surface area contributed by atoms with Crippen LogP contribution < -0.4 is 11.1 Å². The topological polar surface area (TPSA) is 50.4 Å². The van der Waals surface area contributed by atoms with E-state index in [-0.39, 0.29) is 0 Å². The van der Waals surface area contributed by atoms with Crippen molar-refractivity contribution in [2.75, 3.05) is 6.54 Å². The molecule has 15 heavy (non-hydrogen) atoms. The van der Waals surface area contributed by atoms with Crippen molar-refractivity contribution < 1.29 is 0 Å². The Labute approximate surface area is 95.4 Å². The van der Waals surface area contributed by atoms with Crippen molar-refractivity contribution >= 4 is 17.3 Å². The predicted molar refractivity (Wildman–Crippen MR) is 67.2 cm³/mol. The minimum absolute atomic E-state index is 0.536. The molecule has 0 amide bonds. The Balaban J connectivity index is 2.40. The Kier molecular flexibility index (Phi) is 4.62. The van der Waals surface area contributed by atoms with E-state index >= 15 is 0 Å². The largest absolute Gasteiger partial charge is 0.370 e. The van der Waals surface area contributed by atoms with E-state index in [1.807, 2.05) is 0 Å². The van der Waals surface area contributed by atoms with E-state index in [1.54, 1.807) is 11.3 Å². The molecule has 84 valence electrons. The molecule has 1 aromatic heterocycles. The molecule has 1 heterocycles. The number of hydrogen-bond donors (Lipinski definition) is 2. The van der Waals surface area contributed by atoms with E-state index in [4.69, 9.17) is 5.73 Å². The van der Waals surface area contributed by atoms with E-state index in [0.29, 0.717) is 18.4 Å². The Bertz CT molecular complexity index is 328. The molecule has 0 saturated heterocycles. The lowest BCUT2D eigenvalue weighted by Crippen LogP contribution is -2.34. The lowest BCUT2D eigenvalue weighted by Gasteiger charge is -2.07. The summed E-state index contributed by atoms with van der Waals surface area (Å²) in [5, 5.41) is 7.34. The van der Waals surface area contributed by atoms with Crippen molar-refractivity contribution in [3.63, 3.8) is 0 Å². The van der Waals surface area contributed by atoms with Gasteiger partial charge in [0.1, 0.15) is 0 Å². The van der Waals surface area contributed by atoms with Crippen LogP contribution in [-0.2, 0) is 6.54 Å². The van der Waals surface area contributed by atoms with Crippen LogP contribution in [0.25, 0.3) is 0 Å². The van der Waals surface area contributed by atoms with Crippen LogP contribution in [0.3, 0.4) is 0 Å². The molecule has 0 bridgehead atoms. The highest BCUT2D eigenvalue weighted by molar-refractivity contribution is 7.08. The van der Waals surface area contributed by atoms with Crippen molar-refractivity contribution in [2.24, 2.45) is 16.6 Å². The van der Waals surface area contributed by atoms with Crippen molar-refractivity contribution in [3.05, 3.63) is 21.9 Å². The van der Waals surface area contributed by atoms with E-state index < -0.39 is 0 Å². The third kappa shape index (κ3) is 4.34. The van der Waals surface area contributed by atoms with Gasteiger partial charge in [-0.2, -0.15) is 11.3 Å². The van der Waals surface area contributed by atoms with Gasteiger partial charge in [-0.1, -0.05) is 13.8 Å². The zero-order valence-electron chi connectivity index (χ0n) is 9.58. The highest BCUT2D eigenvalue weighted by Crippen LogP contribution is 2.14. The first kappa shape index (κ1) is 12.0. The van der Waals surface area contributed by atoms with Gasteiger partial charge >= 0.3 is 0 Å². The SMILES string of the molecule is Cc1cscc1CN=C(N)NCC(C)C. The molecular formula is C11H19N3S. The number of aryl methyl sites for hydroxylation is 1. The fraction of sp³-hybridized carbons (Fsp3) is 0.545. The first-order valence-electron chi connectivity index (χ1n) is 5.15. The molecule has 0 aliphatic carbocycles. The van der Waals surface area contributed by atoms with Gasteiger partial charge in [0, 0.05) is 6.54 Å². The number of hydrogen-bond acceptors (Lipinski definition) is 2. The van der Waals surface area contributed by atoms with E-state index in [9.17, 15) is 0 Å². The number of aliphatic imine (C=N–C) groups is 1. The summed E-state index contributed by atoms with van der Waals surface area (Å²) in [6.45, 7) is 7.93. The highest BCUT2D eigenvalue weighted by atomic mass is 32.1.